The van der Waals surface area contributed by atoms with Gasteiger partial charge in [0.2, 0.25) is 0 Å². The largest absolute Gasteiger partial charge is 0.354 e. The Morgan fingerprint density at radius 2 is 1.84 bits per heavy atom. The second kappa shape index (κ2) is 5.21. The van der Waals surface area contributed by atoms with Crippen LogP contribution in [0, 0.1) is 13.8 Å². The molecule has 0 unspecified atom stereocenters. The van der Waals surface area contributed by atoms with E-state index in [1.54, 1.807) is 6.20 Å². The van der Waals surface area contributed by atoms with Crippen LogP contribution in [0.15, 0.2) is 18.5 Å². The average Bonchev–Trinajstić information content (AvgIpc) is 2.79. The molecule has 3 rings (SSSR count). The number of anilines is 1. The fourth-order valence-electron chi connectivity index (χ4n) is 2.25. The molecule has 1 fully saturated rings. The first-order chi connectivity index (χ1) is 9.24. The van der Waals surface area contributed by atoms with Gasteiger partial charge < -0.3 is 4.90 Å². The SMILES string of the molecule is Cc1cc(C)n(-c2cncc(N3CCSCC3)n2)n1. The van der Waals surface area contributed by atoms with Crippen LogP contribution in [-0.2, 0) is 0 Å². The minimum absolute atomic E-state index is 0.793. The highest BCUT2D eigenvalue weighted by Gasteiger charge is 2.14. The fourth-order valence-corrected chi connectivity index (χ4v) is 3.16. The van der Waals surface area contributed by atoms with Gasteiger partial charge in [-0.25, -0.2) is 9.67 Å². The Morgan fingerprint density at radius 1 is 1.11 bits per heavy atom. The smallest absolute Gasteiger partial charge is 0.174 e. The number of rotatable bonds is 2. The van der Waals surface area contributed by atoms with Crippen LogP contribution in [0.5, 0.6) is 0 Å². The summed E-state index contributed by atoms with van der Waals surface area (Å²) in [5.74, 6) is 4.06. The van der Waals surface area contributed by atoms with E-state index >= 15 is 0 Å². The minimum atomic E-state index is 0.793. The van der Waals surface area contributed by atoms with Gasteiger partial charge in [0.15, 0.2) is 5.82 Å². The summed E-state index contributed by atoms with van der Waals surface area (Å²) in [5.41, 5.74) is 2.08. The molecular weight excluding hydrogens is 258 g/mol. The van der Waals surface area contributed by atoms with E-state index < -0.39 is 0 Å². The van der Waals surface area contributed by atoms with E-state index in [2.05, 4.69) is 15.0 Å². The van der Waals surface area contributed by atoms with Gasteiger partial charge in [0, 0.05) is 30.3 Å². The molecule has 3 heterocycles. The molecule has 1 aliphatic heterocycles. The van der Waals surface area contributed by atoms with Gasteiger partial charge in [-0.15, -0.1) is 0 Å². The lowest BCUT2D eigenvalue weighted by molar-refractivity contribution is 0.778. The maximum Gasteiger partial charge on any atom is 0.174 e. The molecule has 0 aliphatic carbocycles. The van der Waals surface area contributed by atoms with Crippen molar-refractivity contribution in [3.05, 3.63) is 29.8 Å². The van der Waals surface area contributed by atoms with Crippen LogP contribution in [0.3, 0.4) is 0 Å². The highest BCUT2D eigenvalue weighted by Crippen LogP contribution is 2.18. The summed E-state index contributed by atoms with van der Waals surface area (Å²) in [7, 11) is 0. The van der Waals surface area contributed by atoms with Gasteiger partial charge in [-0.2, -0.15) is 16.9 Å². The van der Waals surface area contributed by atoms with Gasteiger partial charge in [-0.3, -0.25) is 4.98 Å². The molecule has 6 heteroatoms. The first kappa shape index (κ1) is 12.5. The first-order valence-corrected chi connectivity index (χ1v) is 7.58. The van der Waals surface area contributed by atoms with Crippen LogP contribution in [0.25, 0.3) is 5.82 Å². The normalized spacial score (nSPS) is 15.8. The molecular formula is C13H17N5S. The maximum atomic E-state index is 4.70. The van der Waals surface area contributed by atoms with Crippen LogP contribution in [0.1, 0.15) is 11.4 Å². The molecule has 0 bridgehead atoms. The van der Waals surface area contributed by atoms with Crippen molar-refractivity contribution in [2.24, 2.45) is 0 Å². The van der Waals surface area contributed by atoms with Gasteiger partial charge >= 0.3 is 0 Å². The van der Waals surface area contributed by atoms with Crippen molar-refractivity contribution in [3.8, 4) is 5.82 Å². The van der Waals surface area contributed by atoms with E-state index in [1.807, 2.05) is 42.6 Å². The number of hydrogen-bond acceptors (Lipinski definition) is 5. The number of hydrogen-bond donors (Lipinski definition) is 0. The van der Waals surface area contributed by atoms with Crippen LogP contribution in [0.4, 0.5) is 5.82 Å². The molecule has 2 aromatic heterocycles. The molecule has 5 nitrogen and oxygen atoms in total. The van der Waals surface area contributed by atoms with Gasteiger partial charge in [-0.05, 0) is 19.9 Å². The molecule has 0 N–H and O–H groups in total. The van der Waals surface area contributed by atoms with Crippen LogP contribution in [-0.4, -0.2) is 44.3 Å². The number of thioether (sulfide) groups is 1. The summed E-state index contributed by atoms with van der Waals surface area (Å²) in [6.07, 6.45) is 3.60. The van der Waals surface area contributed by atoms with Crippen molar-refractivity contribution in [1.29, 1.82) is 0 Å². The summed E-state index contributed by atoms with van der Waals surface area (Å²) in [6.45, 7) is 6.11. The summed E-state index contributed by atoms with van der Waals surface area (Å²) in [5, 5.41) is 4.46. The van der Waals surface area contributed by atoms with E-state index in [1.165, 1.54) is 0 Å². The van der Waals surface area contributed by atoms with Crippen molar-refractivity contribution in [3.63, 3.8) is 0 Å². The number of aromatic nitrogens is 4. The van der Waals surface area contributed by atoms with E-state index in [0.29, 0.717) is 0 Å². The summed E-state index contributed by atoms with van der Waals surface area (Å²) >= 11 is 1.99. The molecule has 1 aliphatic rings. The molecule has 0 atom stereocenters. The van der Waals surface area contributed by atoms with Crippen molar-refractivity contribution < 1.29 is 0 Å². The summed E-state index contributed by atoms with van der Waals surface area (Å²) < 4.78 is 1.85. The molecule has 2 aromatic rings. The molecule has 1 saturated heterocycles. The molecule has 19 heavy (non-hydrogen) atoms. The van der Waals surface area contributed by atoms with E-state index in [0.717, 1.165) is 47.6 Å². The first-order valence-electron chi connectivity index (χ1n) is 6.42. The Balaban J connectivity index is 1.93. The highest BCUT2D eigenvalue weighted by molar-refractivity contribution is 7.99. The maximum absolute atomic E-state index is 4.70. The third kappa shape index (κ3) is 2.58. The number of aryl methyl sites for hydroxylation is 2. The van der Waals surface area contributed by atoms with Crippen LogP contribution < -0.4 is 4.90 Å². The molecule has 0 amide bonds. The lowest BCUT2D eigenvalue weighted by atomic mass is 10.4. The van der Waals surface area contributed by atoms with Crippen LogP contribution >= 0.6 is 11.8 Å². The van der Waals surface area contributed by atoms with E-state index in [4.69, 9.17) is 4.98 Å². The lowest BCUT2D eigenvalue weighted by Gasteiger charge is -2.27. The second-order valence-electron chi connectivity index (χ2n) is 4.67. The molecule has 0 spiro atoms. The van der Waals surface area contributed by atoms with Gasteiger partial charge in [0.1, 0.15) is 5.82 Å². The van der Waals surface area contributed by atoms with Gasteiger partial charge in [0.05, 0.1) is 18.1 Å². The predicted molar refractivity (Wildman–Crippen MR) is 78.2 cm³/mol. The Labute approximate surface area is 117 Å². The standard InChI is InChI=1S/C13H17N5S/c1-10-7-11(2)18(16-10)13-9-14-8-12(15-13)17-3-5-19-6-4-17/h7-9H,3-6H2,1-2H3. The van der Waals surface area contributed by atoms with E-state index in [9.17, 15) is 0 Å². The molecule has 0 saturated carbocycles. The molecule has 0 radical (unpaired) electrons. The topological polar surface area (TPSA) is 46.8 Å². The van der Waals surface area contributed by atoms with Crippen molar-refractivity contribution in [2.45, 2.75) is 13.8 Å². The minimum Gasteiger partial charge on any atom is -0.354 e. The zero-order valence-electron chi connectivity index (χ0n) is 11.2. The molecule has 0 aromatic carbocycles. The third-order valence-corrected chi connectivity index (χ3v) is 4.11. The monoisotopic (exact) mass is 275 g/mol. The second-order valence-corrected chi connectivity index (χ2v) is 5.90. The zero-order valence-corrected chi connectivity index (χ0v) is 12.0. The van der Waals surface area contributed by atoms with Crippen molar-refractivity contribution >= 4 is 17.6 Å². The lowest BCUT2D eigenvalue weighted by Crippen LogP contribution is -2.33. The predicted octanol–water partition coefficient (Wildman–Crippen LogP) is 1.83. The summed E-state index contributed by atoms with van der Waals surface area (Å²) in [4.78, 5) is 11.3. The fraction of sp³-hybridized carbons (Fsp3) is 0.462. The Hall–Kier alpha value is -1.56. The summed E-state index contributed by atoms with van der Waals surface area (Å²) in [6, 6.07) is 2.05. The van der Waals surface area contributed by atoms with Crippen molar-refractivity contribution in [2.75, 3.05) is 29.5 Å². The van der Waals surface area contributed by atoms with Crippen molar-refractivity contribution in [1.82, 2.24) is 19.7 Å². The quantitative estimate of drug-likeness (QED) is 0.837. The molecule has 100 valence electrons. The Morgan fingerprint density at radius 3 is 2.53 bits per heavy atom. The van der Waals surface area contributed by atoms with Gasteiger partial charge in [0.25, 0.3) is 0 Å². The van der Waals surface area contributed by atoms with Gasteiger partial charge in [-0.1, -0.05) is 0 Å². The zero-order chi connectivity index (χ0) is 13.2. The highest BCUT2D eigenvalue weighted by atomic mass is 32.2. The van der Waals surface area contributed by atoms with Crippen LogP contribution in [0.2, 0.25) is 0 Å². The Kier molecular flexibility index (Phi) is 3.42. The Bertz CT molecular complexity index is 574. The van der Waals surface area contributed by atoms with E-state index in [-0.39, 0.29) is 0 Å². The average molecular weight is 275 g/mol. The third-order valence-electron chi connectivity index (χ3n) is 3.17. The number of nitrogens with zero attached hydrogens (tertiary/aromatic N) is 5.